The van der Waals surface area contributed by atoms with Gasteiger partial charge in [0.1, 0.15) is 0 Å². The van der Waals surface area contributed by atoms with Crippen molar-refractivity contribution in [3.63, 3.8) is 0 Å². The Labute approximate surface area is 108 Å². The Kier molecular flexibility index (Phi) is 2.76. The number of carbonyl (C=O) groups excluding carboxylic acids is 2. The molecule has 1 saturated heterocycles. The number of imide groups is 1. The topological polar surface area (TPSA) is 59.1 Å². The van der Waals surface area contributed by atoms with Crippen molar-refractivity contribution in [2.24, 2.45) is 0 Å². The van der Waals surface area contributed by atoms with E-state index in [0.29, 0.717) is 6.42 Å². The van der Waals surface area contributed by atoms with Gasteiger partial charge in [-0.25, -0.2) is 0 Å². The molecule has 3 rings (SSSR count). The highest BCUT2D eigenvalue weighted by Crippen LogP contribution is 2.25. The number of fused-ring (bicyclic) bond motifs is 1. The van der Waals surface area contributed by atoms with Crippen LogP contribution in [0.5, 0.6) is 0 Å². The molecule has 2 amide bonds. The lowest BCUT2D eigenvalue weighted by Crippen LogP contribution is -2.25. The number of pyridine rings is 1. The predicted octanol–water partition coefficient (Wildman–Crippen LogP) is 2.13. The largest absolute Gasteiger partial charge is 0.286 e. The van der Waals surface area contributed by atoms with Crippen LogP contribution in [0.15, 0.2) is 36.5 Å². The van der Waals surface area contributed by atoms with Crippen LogP contribution in [0, 0.1) is 0 Å². The zero-order valence-electron chi connectivity index (χ0n) is 9.42. The maximum absolute atomic E-state index is 11.6. The summed E-state index contributed by atoms with van der Waals surface area (Å²) in [4.78, 5) is 27.0. The van der Waals surface area contributed by atoms with E-state index < -0.39 is 0 Å². The SMILES string of the molecule is O=C1NC(=O)C(Cc2ccnc3ccccc23)S1. The lowest BCUT2D eigenvalue weighted by atomic mass is 10.0. The third-order valence-corrected chi connectivity index (χ3v) is 3.89. The van der Waals surface area contributed by atoms with E-state index >= 15 is 0 Å². The monoisotopic (exact) mass is 258 g/mol. The summed E-state index contributed by atoms with van der Waals surface area (Å²) in [6.45, 7) is 0. The number of benzene rings is 1. The second kappa shape index (κ2) is 4.42. The van der Waals surface area contributed by atoms with Crippen molar-refractivity contribution in [2.45, 2.75) is 11.7 Å². The second-order valence-corrected chi connectivity index (χ2v) is 5.25. The molecule has 2 aromatic rings. The third-order valence-electron chi connectivity index (χ3n) is 2.91. The molecular formula is C13H10N2O2S. The molecular weight excluding hydrogens is 248 g/mol. The Morgan fingerprint density at radius 2 is 2.06 bits per heavy atom. The van der Waals surface area contributed by atoms with Gasteiger partial charge in [-0.1, -0.05) is 30.0 Å². The number of carbonyl (C=O) groups is 2. The minimum atomic E-state index is -0.330. The normalized spacial score (nSPS) is 19.2. The van der Waals surface area contributed by atoms with Gasteiger partial charge in [0, 0.05) is 11.6 Å². The van der Waals surface area contributed by atoms with Crippen molar-refractivity contribution in [3.05, 3.63) is 42.1 Å². The van der Waals surface area contributed by atoms with Gasteiger partial charge >= 0.3 is 0 Å². The zero-order valence-corrected chi connectivity index (χ0v) is 10.2. The van der Waals surface area contributed by atoms with E-state index in [1.807, 2.05) is 30.3 Å². The first kappa shape index (κ1) is 11.2. The summed E-state index contributed by atoms with van der Waals surface area (Å²) < 4.78 is 0. The molecule has 1 N–H and O–H groups in total. The lowest BCUT2D eigenvalue weighted by Gasteiger charge is -2.08. The first-order valence-corrected chi connectivity index (χ1v) is 6.46. The van der Waals surface area contributed by atoms with Gasteiger partial charge in [-0.15, -0.1) is 0 Å². The average molecular weight is 258 g/mol. The van der Waals surface area contributed by atoms with E-state index in [4.69, 9.17) is 0 Å². The number of rotatable bonds is 2. The Morgan fingerprint density at radius 3 is 2.83 bits per heavy atom. The third kappa shape index (κ3) is 1.97. The number of thioether (sulfide) groups is 1. The average Bonchev–Trinajstić information content (AvgIpc) is 2.68. The minimum Gasteiger partial charge on any atom is -0.286 e. The highest BCUT2D eigenvalue weighted by molar-refractivity contribution is 8.15. The molecule has 90 valence electrons. The number of amides is 2. The van der Waals surface area contributed by atoms with Crippen LogP contribution < -0.4 is 5.32 Å². The molecule has 5 heteroatoms. The van der Waals surface area contributed by atoms with E-state index in [2.05, 4.69) is 10.3 Å². The van der Waals surface area contributed by atoms with Crippen molar-refractivity contribution in [2.75, 3.05) is 0 Å². The Bertz CT molecular complexity index is 636. The van der Waals surface area contributed by atoms with Crippen molar-refractivity contribution in [1.82, 2.24) is 10.3 Å². The van der Waals surface area contributed by atoms with Crippen LogP contribution in [0.3, 0.4) is 0 Å². The lowest BCUT2D eigenvalue weighted by molar-refractivity contribution is -0.118. The predicted molar refractivity (Wildman–Crippen MR) is 70.4 cm³/mol. The maximum atomic E-state index is 11.6. The van der Waals surface area contributed by atoms with Gasteiger partial charge in [-0.05, 0) is 24.1 Å². The summed E-state index contributed by atoms with van der Waals surface area (Å²) in [5.41, 5.74) is 1.95. The molecule has 1 aromatic carbocycles. The van der Waals surface area contributed by atoms with Crippen LogP contribution in [0.4, 0.5) is 4.79 Å². The van der Waals surface area contributed by atoms with Crippen molar-refractivity contribution >= 4 is 33.8 Å². The van der Waals surface area contributed by atoms with Crippen LogP contribution >= 0.6 is 11.8 Å². The van der Waals surface area contributed by atoms with E-state index in [1.165, 1.54) is 0 Å². The quantitative estimate of drug-likeness (QED) is 0.896. The highest BCUT2D eigenvalue weighted by atomic mass is 32.2. The Morgan fingerprint density at radius 1 is 1.22 bits per heavy atom. The smallest absolute Gasteiger partial charge is 0.286 e. The van der Waals surface area contributed by atoms with Crippen LogP contribution in [-0.4, -0.2) is 21.4 Å². The van der Waals surface area contributed by atoms with Gasteiger partial charge in [0.25, 0.3) is 5.24 Å². The molecule has 2 heterocycles. The van der Waals surface area contributed by atoms with E-state index in [0.717, 1.165) is 28.2 Å². The molecule has 0 bridgehead atoms. The fraction of sp³-hybridized carbons (Fsp3) is 0.154. The fourth-order valence-corrected chi connectivity index (χ4v) is 2.91. The van der Waals surface area contributed by atoms with E-state index in [9.17, 15) is 9.59 Å². The second-order valence-electron chi connectivity index (χ2n) is 4.07. The first-order chi connectivity index (χ1) is 8.74. The summed E-state index contributed by atoms with van der Waals surface area (Å²) in [5.74, 6) is -0.203. The van der Waals surface area contributed by atoms with Gasteiger partial charge in [-0.2, -0.15) is 0 Å². The first-order valence-electron chi connectivity index (χ1n) is 5.58. The van der Waals surface area contributed by atoms with Gasteiger partial charge in [0.2, 0.25) is 5.91 Å². The molecule has 1 atom stereocenters. The molecule has 1 aliphatic heterocycles. The highest BCUT2D eigenvalue weighted by Gasteiger charge is 2.31. The summed E-state index contributed by atoms with van der Waals surface area (Å²) in [6.07, 6.45) is 2.28. The summed E-state index contributed by atoms with van der Waals surface area (Å²) in [5, 5.41) is 2.75. The molecule has 0 saturated carbocycles. The standard InChI is InChI=1S/C13H10N2O2S/c16-12-11(18-13(17)15-12)7-8-5-6-14-10-4-2-1-3-9(8)10/h1-6,11H,7H2,(H,15,16,17). The van der Waals surface area contributed by atoms with Crippen LogP contribution in [0.2, 0.25) is 0 Å². The van der Waals surface area contributed by atoms with Crippen molar-refractivity contribution in [3.8, 4) is 0 Å². The van der Waals surface area contributed by atoms with Crippen molar-refractivity contribution in [1.29, 1.82) is 0 Å². The van der Waals surface area contributed by atoms with Crippen LogP contribution in [-0.2, 0) is 11.2 Å². The summed E-state index contributed by atoms with van der Waals surface area (Å²) in [6, 6.07) is 9.70. The molecule has 1 fully saturated rings. The molecule has 0 aliphatic carbocycles. The summed E-state index contributed by atoms with van der Waals surface area (Å²) in [7, 11) is 0. The van der Waals surface area contributed by atoms with Crippen LogP contribution in [0.25, 0.3) is 10.9 Å². The minimum absolute atomic E-state index is 0.203. The van der Waals surface area contributed by atoms with Crippen molar-refractivity contribution < 1.29 is 9.59 Å². The molecule has 18 heavy (non-hydrogen) atoms. The van der Waals surface area contributed by atoms with Gasteiger partial charge < -0.3 is 0 Å². The molecule has 4 nitrogen and oxygen atoms in total. The fourth-order valence-electron chi connectivity index (χ4n) is 2.06. The van der Waals surface area contributed by atoms with Crippen LogP contribution in [0.1, 0.15) is 5.56 Å². The molecule has 1 aromatic heterocycles. The Hall–Kier alpha value is -1.88. The van der Waals surface area contributed by atoms with Gasteiger partial charge in [-0.3, -0.25) is 19.9 Å². The molecule has 0 radical (unpaired) electrons. The van der Waals surface area contributed by atoms with E-state index in [-0.39, 0.29) is 16.4 Å². The molecule has 1 aliphatic rings. The van der Waals surface area contributed by atoms with E-state index in [1.54, 1.807) is 6.20 Å². The Balaban J connectivity index is 1.95. The molecule has 1 unspecified atom stereocenters. The van der Waals surface area contributed by atoms with Gasteiger partial charge in [0.05, 0.1) is 10.8 Å². The summed E-state index contributed by atoms with van der Waals surface area (Å²) >= 11 is 1.06. The number of nitrogens with zero attached hydrogens (tertiary/aromatic N) is 1. The number of para-hydroxylation sites is 1. The number of hydrogen-bond acceptors (Lipinski definition) is 4. The number of hydrogen-bond donors (Lipinski definition) is 1. The maximum Gasteiger partial charge on any atom is 0.286 e. The number of nitrogens with one attached hydrogen (secondary N) is 1. The van der Waals surface area contributed by atoms with Gasteiger partial charge in [0.15, 0.2) is 0 Å². The number of aromatic nitrogens is 1. The zero-order chi connectivity index (χ0) is 12.5. The molecule has 0 spiro atoms.